The number of methoxy groups -OCH3 is 2. The van der Waals surface area contributed by atoms with E-state index in [2.05, 4.69) is 25.4 Å². The van der Waals surface area contributed by atoms with E-state index in [0.717, 1.165) is 43.0 Å². The first kappa shape index (κ1) is 19.8. The zero-order chi connectivity index (χ0) is 20.9. The van der Waals surface area contributed by atoms with Gasteiger partial charge in [0.05, 0.1) is 19.9 Å². The van der Waals surface area contributed by atoms with E-state index in [1.54, 1.807) is 38.6 Å². The van der Waals surface area contributed by atoms with Crippen LogP contribution in [0.1, 0.15) is 23.2 Å². The van der Waals surface area contributed by atoms with Gasteiger partial charge in [0.25, 0.3) is 5.91 Å². The predicted octanol–water partition coefficient (Wildman–Crippen LogP) is 2.89. The zero-order valence-corrected chi connectivity index (χ0v) is 17.1. The van der Waals surface area contributed by atoms with E-state index < -0.39 is 0 Å². The number of pyridine rings is 1. The number of aromatic nitrogens is 3. The molecule has 8 heteroatoms. The Balaban J connectivity index is 1.34. The van der Waals surface area contributed by atoms with Crippen LogP contribution in [0.4, 0.5) is 5.82 Å². The van der Waals surface area contributed by atoms with Crippen LogP contribution in [0.5, 0.6) is 11.5 Å². The number of hydrogen-bond acceptors (Lipinski definition) is 6. The number of amides is 1. The molecular formula is C22H25N5O3. The van der Waals surface area contributed by atoms with Gasteiger partial charge in [-0.1, -0.05) is 0 Å². The number of nitrogens with one attached hydrogen (secondary N) is 2. The second kappa shape index (κ2) is 8.86. The van der Waals surface area contributed by atoms with E-state index in [1.807, 2.05) is 24.4 Å². The van der Waals surface area contributed by atoms with E-state index in [0.29, 0.717) is 17.1 Å². The summed E-state index contributed by atoms with van der Waals surface area (Å²) in [6.07, 6.45) is 5.28. The quantitative estimate of drug-likeness (QED) is 0.653. The lowest BCUT2D eigenvalue weighted by atomic mass is 10.0. The summed E-state index contributed by atoms with van der Waals surface area (Å²) in [5, 5.41) is 10.7. The van der Waals surface area contributed by atoms with Crippen molar-refractivity contribution in [1.29, 1.82) is 0 Å². The molecule has 1 aliphatic heterocycles. The van der Waals surface area contributed by atoms with Crippen molar-refractivity contribution in [2.75, 3.05) is 32.2 Å². The number of benzene rings is 1. The minimum atomic E-state index is -0.104. The molecule has 1 fully saturated rings. The number of piperidine rings is 1. The highest BCUT2D eigenvalue weighted by molar-refractivity contribution is 5.95. The van der Waals surface area contributed by atoms with Gasteiger partial charge in [0.2, 0.25) is 0 Å². The maximum absolute atomic E-state index is 12.6. The molecule has 4 rings (SSSR count). The first-order chi connectivity index (χ1) is 14.7. The van der Waals surface area contributed by atoms with Crippen molar-refractivity contribution >= 4 is 11.7 Å². The smallest absolute Gasteiger partial charge is 0.251 e. The van der Waals surface area contributed by atoms with Crippen LogP contribution in [0.15, 0.2) is 48.8 Å². The highest BCUT2D eigenvalue weighted by Crippen LogP contribution is 2.28. The van der Waals surface area contributed by atoms with Gasteiger partial charge in [0.1, 0.15) is 0 Å². The summed E-state index contributed by atoms with van der Waals surface area (Å²) in [6, 6.07) is 11.3. The first-order valence-electron chi connectivity index (χ1n) is 9.91. The average Bonchev–Trinajstić information content (AvgIpc) is 3.30. The molecule has 1 amide bonds. The van der Waals surface area contributed by atoms with Crippen LogP contribution in [0, 0.1) is 0 Å². The summed E-state index contributed by atoms with van der Waals surface area (Å²) in [5.41, 5.74) is 2.51. The Bertz CT molecular complexity index is 997. The number of H-pyrrole nitrogens is 1. The Labute approximate surface area is 175 Å². The van der Waals surface area contributed by atoms with E-state index in [4.69, 9.17) is 9.47 Å². The number of anilines is 1. The van der Waals surface area contributed by atoms with Crippen molar-refractivity contribution in [3.8, 4) is 22.8 Å². The standard InChI is InChI=1S/C22H25N5O3/c1-29-19-6-5-15(12-20(19)30-2)22(28)24-17-7-10-27(11-8-17)21-13-18(25-26-21)16-4-3-9-23-14-16/h3-6,9,12-14,17H,7-8,10-11H2,1-2H3,(H,24,28)(H,25,26). The lowest BCUT2D eigenvalue weighted by Crippen LogP contribution is -2.44. The fourth-order valence-electron chi connectivity index (χ4n) is 3.64. The average molecular weight is 407 g/mol. The molecule has 1 aliphatic rings. The largest absolute Gasteiger partial charge is 0.493 e. The molecule has 0 saturated carbocycles. The number of aromatic amines is 1. The van der Waals surface area contributed by atoms with Gasteiger partial charge in [-0.15, -0.1) is 0 Å². The Kier molecular flexibility index (Phi) is 5.83. The highest BCUT2D eigenvalue weighted by Gasteiger charge is 2.23. The highest BCUT2D eigenvalue weighted by atomic mass is 16.5. The third kappa shape index (κ3) is 4.22. The predicted molar refractivity (Wildman–Crippen MR) is 114 cm³/mol. The minimum absolute atomic E-state index is 0.104. The van der Waals surface area contributed by atoms with Crippen LogP contribution in [-0.4, -0.2) is 54.4 Å². The van der Waals surface area contributed by atoms with Crippen molar-refractivity contribution in [3.63, 3.8) is 0 Å². The molecule has 0 atom stereocenters. The van der Waals surface area contributed by atoms with Crippen LogP contribution in [0.25, 0.3) is 11.3 Å². The van der Waals surface area contributed by atoms with E-state index >= 15 is 0 Å². The van der Waals surface area contributed by atoms with Gasteiger partial charge in [-0.2, -0.15) is 5.10 Å². The molecular weight excluding hydrogens is 382 g/mol. The van der Waals surface area contributed by atoms with Crippen molar-refractivity contribution in [1.82, 2.24) is 20.5 Å². The third-order valence-electron chi connectivity index (χ3n) is 5.34. The summed E-state index contributed by atoms with van der Waals surface area (Å²) in [7, 11) is 3.13. The lowest BCUT2D eigenvalue weighted by Gasteiger charge is -2.32. The molecule has 0 aliphatic carbocycles. The maximum Gasteiger partial charge on any atom is 0.251 e. The second-order valence-corrected chi connectivity index (χ2v) is 7.19. The van der Waals surface area contributed by atoms with Crippen LogP contribution in [0.2, 0.25) is 0 Å². The molecule has 30 heavy (non-hydrogen) atoms. The van der Waals surface area contributed by atoms with Crippen molar-refractivity contribution in [2.24, 2.45) is 0 Å². The molecule has 0 radical (unpaired) electrons. The second-order valence-electron chi connectivity index (χ2n) is 7.19. The summed E-state index contributed by atoms with van der Waals surface area (Å²) in [6.45, 7) is 1.66. The molecule has 1 saturated heterocycles. The molecule has 0 unspecified atom stereocenters. The Morgan fingerprint density at radius 3 is 2.63 bits per heavy atom. The van der Waals surface area contributed by atoms with Crippen molar-refractivity contribution < 1.29 is 14.3 Å². The van der Waals surface area contributed by atoms with Gasteiger partial charge >= 0.3 is 0 Å². The molecule has 2 aromatic heterocycles. The summed E-state index contributed by atoms with van der Waals surface area (Å²) in [5.74, 6) is 1.96. The van der Waals surface area contributed by atoms with Crippen molar-refractivity contribution in [3.05, 3.63) is 54.4 Å². The molecule has 1 aromatic carbocycles. The maximum atomic E-state index is 12.6. The van der Waals surface area contributed by atoms with Gasteiger partial charge in [0, 0.05) is 48.7 Å². The van der Waals surface area contributed by atoms with Crippen LogP contribution in [-0.2, 0) is 0 Å². The molecule has 156 valence electrons. The number of ether oxygens (including phenoxy) is 2. The number of carbonyl (C=O) groups excluding carboxylic acids is 1. The molecule has 0 bridgehead atoms. The van der Waals surface area contributed by atoms with Crippen molar-refractivity contribution in [2.45, 2.75) is 18.9 Å². The Morgan fingerprint density at radius 2 is 1.93 bits per heavy atom. The summed E-state index contributed by atoms with van der Waals surface area (Å²) in [4.78, 5) is 19.0. The van der Waals surface area contributed by atoms with Crippen LogP contribution >= 0.6 is 0 Å². The summed E-state index contributed by atoms with van der Waals surface area (Å²) < 4.78 is 10.5. The SMILES string of the molecule is COc1ccc(C(=O)NC2CCN(c3cc(-c4cccnc4)[nH]n3)CC2)cc1OC. The molecule has 8 nitrogen and oxygen atoms in total. The number of hydrogen-bond donors (Lipinski definition) is 2. The van der Waals surface area contributed by atoms with Crippen LogP contribution in [0.3, 0.4) is 0 Å². The normalized spacial score (nSPS) is 14.4. The minimum Gasteiger partial charge on any atom is -0.493 e. The van der Waals surface area contributed by atoms with E-state index in [1.165, 1.54) is 0 Å². The Hall–Kier alpha value is -3.55. The fourth-order valence-corrected chi connectivity index (χ4v) is 3.64. The third-order valence-corrected chi connectivity index (χ3v) is 5.34. The zero-order valence-electron chi connectivity index (χ0n) is 17.1. The topological polar surface area (TPSA) is 92.4 Å². The molecule has 3 aromatic rings. The van der Waals surface area contributed by atoms with Gasteiger partial charge < -0.3 is 19.7 Å². The lowest BCUT2D eigenvalue weighted by molar-refractivity contribution is 0.0930. The summed E-state index contributed by atoms with van der Waals surface area (Å²) >= 11 is 0. The van der Waals surface area contributed by atoms with E-state index in [9.17, 15) is 4.79 Å². The number of rotatable bonds is 6. The number of carbonyl (C=O) groups is 1. The van der Waals surface area contributed by atoms with Gasteiger partial charge in [0.15, 0.2) is 17.3 Å². The van der Waals surface area contributed by atoms with Gasteiger partial charge in [-0.3, -0.25) is 14.9 Å². The first-order valence-corrected chi connectivity index (χ1v) is 9.91. The molecule has 3 heterocycles. The molecule has 0 spiro atoms. The number of nitrogens with zero attached hydrogens (tertiary/aromatic N) is 3. The molecule has 2 N–H and O–H groups in total. The van der Waals surface area contributed by atoms with Crippen LogP contribution < -0.4 is 19.7 Å². The van der Waals surface area contributed by atoms with E-state index in [-0.39, 0.29) is 11.9 Å². The monoisotopic (exact) mass is 407 g/mol. The van der Waals surface area contributed by atoms with Gasteiger partial charge in [-0.05, 0) is 43.2 Å². The Morgan fingerprint density at radius 1 is 1.13 bits per heavy atom. The fraction of sp³-hybridized carbons (Fsp3) is 0.318. The van der Waals surface area contributed by atoms with Gasteiger partial charge in [-0.25, -0.2) is 0 Å².